The van der Waals surface area contributed by atoms with Crippen LogP contribution in [0.15, 0.2) is 36.9 Å². The minimum atomic E-state index is -0.500. The highest BCUT2D eigenvalue weighted by molar-refractivity contribution is 7.99. The minimum Gasteiger partial charge on any atom is -0.493 e. The van der Waals surface area contributed by atoms with Crippen molar-refractivity contribution in [3.8, 4) is 11.5 Å². The molecule has 0 aliphatic carbocycles. The summed E-state index contributed by atoms with van der Waals surface area (Å²) >= 11 is 1.97. The first-order valence-corrected chi connectivity index (χ1v) is 11.3. The monoisotopic (exact) mass is 420 g/mol. The number of benzene rings is 1. The van der Waals surface area contributed by atoms with Gasteiger partial charge in [0.25, 0.3) is 0 Å². The summed E-state index contributed by atoms with van der Waals surface area (Å²) in [6.07, 6.45) is 6.16. The molecular weight excluding hydrogens is 388 g/mol. The fraction of sp³-hybridized carbons (Fsp3) is 0.571. The van der Waals surface area contributed by atoms with Crippen LogP contribution in [0.25, 0.3) is 0 Å². The van der Waals surface area contributed by atoms with E-state index in [-0.39, 0.29) is 6.61 Å². The van der Waals surface area contributed by atoms with Gasteiger partial charge in [0.2, 0.25) is 0 Å². The van der Waals surface area contributed by atoms with Gasteiger partial charge in [0.1, 0.15) is 12.7 Å². The van der Waals surface area contributed by atoms with Crippen molar-refractivity contribution in [3.05, 3.63) is 42.5 Å². The van der Waals surface area contributed by atoms with Crippen molar-refractivity contribution in [1.29, 1.82) is 0 Å². The molecule has 0 radical (unpaired) electrons. The molecule has 29 heavy (non-hydrogen) atoms. The van der Waals surface area contributed by atoms with Crippen molar-refractivity contribution in [1.82, 2.24) is 19.8 Å². The lowest BCUT2D eigenvalue weighted by Crippen LogP contribution is -2.40. The van der Waals surface area contributed by atoms with Crippen molar-refractivity contribution in [3.63, 3.8) is 0 Å². The standard InChI is InChI=1S/C21H32N4O3S/c1-27-21-13-18(14-22-5-2-7-25-8-6-23-17-25)3-4-20(21)28-16-19(26)15-24-9-11-29-12-10-24/h3-4,6,8,13,17,19,22,26H,2,5,7,9-12,14-16H2,1H3. The van der Waals surface area contributed by atoms with Crippen molar-refractivity contribution in [2.75, 3.05) is 51.4 Å². The highest BCUT2D eigenvalue weighted by Gasteiger charge is 2.16. The summed E-state index contributed by atoms with van der Waals surface area (Å²) in [7, 11) is 1.65. The summed E-state index contributed by atoms with van der Waals surface area (Å²) in [4.78, 5) is 6.34. The molecule has 1 saturated heterocycles. The normalized spacial score (nSPS) is 15.9. The third-order valence-corrected chi connectivity index (χ3v) is 5.83. The van der Waals surface area contributed by atoms with Gasteiger partial charge in [-0.05, 0) is 30.7 Å². The average molecular weight is 421 g/mol. The highest BCUT2D eigenvalue weighted by atomic mass is 32.2. The van der Waals surface area contributed by atoms with E-state index < -0.39 is 6.10 Å². The summed E-state index contributed by atoms with van der Waals surface area (Å²) in [6.45, 7) is 5.66. The van der Waals surface area contributed by atoms with Crippen LogP contribution in [0.2, 0.25) is 0 Å². The third kappa shape index (κ3) is 7.54. The van der Waals surface area contributed by atoms with Gasteiger partial charge in [-0.25, -0.2) is 4.98 Å². The van der Waals surface area contributed by atoms with Crippen LogP contribution in [0.5, 0.6) is 11.5 Å². The lowest BCUT2D eigenvalue weighted by molar-refractivity contribution is 0.0705. The van der Waals surface area contributed by atoms with Crippen LogP contribution >= 0.6 is 11.8 Å². The number of aliphatic hydroxyl groups excluding tert-OH is 1. The molecule has 2 aromatic rings. The number of β-amino-alcohol motifs (C(OH)–C–C–N with tert-alkyl or cyclic N) is 1. The molecule has 7 nitrogen and oxygen atoms in total. The van der Waals surface area contributed by atoms with E-state index in [2.05, 4.69) is 19.8 Å². The Labute approximate surface area is 177 Å². The van der Waals surface area contributed by atoms with Crippen molar-refractivity contribution < 1.29 is 14.6 Å². The Hall–Kier alpha value is -1.74. The van der Waals surface area contributed by atoms with Gasteiger partial charge in [0.15, 0.2) is 11.5 Å². The third-order valence-electron chi connectivity index (χ3n) is 4.89. The highest BCUT2D eigenvalue weighted by Crippen LogP contribution is 2.28. The molecule has 1 unspecified atom stereocenters. The summed E-state index contributed by atoms with van der Waals surface area (Å²) in [5.41, 5.74) is 1.14. The van der Waals surface area contributed by atoms with Crippen LogP contribution in [0, 0.1) is 0 Å². The molecule has 0 saturated carbocycles. The van der Waals surface area contributed by atoms with Crippen LogP contribution in [-0.4, -0.2) is 77.1 Å². The molecule has 1 aromatic carbocycles. The second-order valence-corrected chi connectivity index (χ2v) is 8.42. The Bertz CT molecular complexity index is 708. The van der Waals surface area contributed by atoms with Gasteiger partial charge in [0.05, 0.1) is 13.4 Å². The number of imidazole rings is 1. The molecule has 1 atom stereocenters. The summed E-state index contributed by atoms with van der Waals surface area (Å²) in [6, 6.07) is 5.95. The zero-order valence-electron chi connectivity index (χ0n) is 17.1. The summed E-state index contributed by atoms with van der Waals surface area (Å²) < 4.78 is 13.4. The molecule has 0 bridgehead atoms. The molecule has 2 N–H and O–H groups in total. The smallest absolute Gasteiger partial charge is 0.161 e. The number of aryl methyl sites for hydroxylation is 1. The zero-order valence-corrected chi connectivity index (χ0v) is 17.9. The topological polar surface area (TPSA) is 71.8 Å². The van der Waals surface area contributed by atoms with Crippen LogP contribution < -0.4 is 14.8 Å². The summed E-state index contributed by atoms with van der Waals surface area (Å²) in [5.74, 6) is 3.65. The first-order valence-electron chi connectivity index (χ1n) is 10.2. The summed E-state index contributed by atoms with van der Waals surface area (Å²) in [5, 5.41) is 13.7. The maximum atomic E-state index is 10.3. The number of rotatable bonds is 12. The van der Waals surface area contributed by atoms with E-state index in [1.165, 1.54) is 0 Å². The van der Waals surface area contributed by atoms with Gasteiger partial charge in [-0.1, -0.05) is 6.07 Å². The minimum absolute atomic E-state index is 0.270. The zero-order chi connectivity index (χ0) is 20.3. The molecule has 0 amide bonds. The maximum absolute atomic E-state index is 10.3. The van der Waals surface area contributed by atoms with E-state index in [4.69, 9.17) is 9.47 Å². The molecule has 1 aliphatic rings. The first-order chi connectivity index (χ1) is 14.2. The Morgan fingerprint density at radius 3 is 2.90 bits per heavy atom. The Balaban J connectivity index is 1.39. The molecule has 0 spiro atoms. The molecule has 2 heterocycles. The van der Waals surface area contributed by atoms with Crippen LogP contribution in [-0.2, 0) is 13.1 Å². The lowest BCUT2D eigenvalue weighted by Gasteiger charge is -2.28. The number of aliphatic hydroxyl groups is 1. The van der Waals surface area contributed by atoms with E-state index in [1.807, 2.05) is 42.5 Å². The first kappa shape index (κ1) is 22.0. The van der Waals surface area contributed by atoms with E-state index >= 15 is 0 Å². The van der Waals surface area contributed by atoms with Crippen molar-refractivity contribution >= 4 is 11.8 Å². The molecule has 1 fully saturated rings. The van der Waals surface area contributed by atoms with E-state index in [9.17, 15) is 5.11 Å². The Kier molecular flexibility index (Phi) is 9.14. The van der Waals surface area contributed by atoms with Crippen molar-refractivity contribution in [2.45, 2.75) is 25.6 Å². The van der Waals surface area contributed by atoms with Crippen LogP contribution in [0.3, 0.4) is 0 Å². The molecule has 3 rings (SSSR count). The second kappa shape index (κ2) is 12.1. The number of nitrogens with zero attached hydrogens (tertiary/aromatic N) is 3. The number of aromatic nitrogens is 2. The van der Waals surface area contributed by atoms with Gasteiger partial charge in [0, 0.05) is 56.6 Å². The van der Waals surface area contributed by atoms with Gasteiger partial charge >= 0.3 is 0 Å². The van der Waals surface area contributed by atoms with Crippen LogP contribution in [0.4, 0.5) is 0 Å². The number of thioether (sulfide) groups is 1. The second-order valence-electron chi connectivity index (χ2n) is 7.19. The van der Waals surface area contributed by atoms with Crippen molar-refractivity contribution in [2.24, 2.45) is 0 Å². The predicted molar refractivity (Wildman–Crippen MR) is 117 cm³/mol. The molecule has 8 heteroatoms. The quantitative estimate of drug-likeness (QED) is 0.508. The Morgan fingerprint density at radius 1 is 1.28 bits per heavy atom. The predicted octanol–water partition coefficient (Wildman–Crippen LogP) is 1.86. The van der Waals surface area contributed by atoms with E-state index in [0.29, 0.717) is 18.0 Å². The van der Waals surface area contributed by atoms with Gasteiger partial charge in [-0.2, -0.15) is 11.8 Å². The average Bonchev–Trinajstić information content (AvgIpc) is 3.26. The van der Waals surface area contributed by atoms with Gasteiger partial charge in [-0.3, -0.25) is 4.90 Å². The Morgan fingerprint density at radius 2 is 2.14 bits per heavy atom. The van der Waals surface area contributed by atoms with Crippen LogP contribution in [0.1, 0.15) is 12.0 Å². The fourth-order valence-corrected chi connectivity index (χ4v) is 4.28. The van der Waals surface area contributed by atoms with E-state index in [1.54, 1.807) is 13.3 Å². The number of hydrogen-bond donors (Lipinski definition) is 2. The maximum Gasteiger partial charge on any atom is 0.161 e. The fourth-order valence-electron chi connectivity index (χ4n) is 3.30. The van der Waals surface area contributed by atoms with Gasteiger partial charge in [-0.15, -0.1) is 0 Å². The SMILES string of the molecule is COc1cc(CNCCCn2ccnc2)ccc1OCC(O)CN1CCSCC1. The van der Waals surface area contributed by atoms with E-state index in [0.717, 1.165) is 56.2 Å². The largest absolute Gasteiger partial charge is 0.493 e. The number of hydrogen-bond acceptors (Lipinski definition) is 7. The molecule has 160 valence electrons. The number of ether oxygens (including phenoxy) is 2. The number of methoxy groups -OCH3 is 1. The molecule has 1 aliphatic heterocycles. The molecular formula is C21H32N4O3S. The number of nitrogens with one attached hydrogen (secondary N) is 1. The van der Waals surface area contributed by atoms with Gasteiger partial charge < -0.3 is 24.5 Å². The molecule has 1 aromatic heterocycles. The lowest BCUT2D eigenvalue weighted by atomic mass is 10.2.